The summed E-state index contributed by atoms with van der Waals surface area (Å²) in [5.41, 5.74) is 0.147. The molecule has 1 aromatic rings. The van der Waals surface area contributed by atoms with Gasteiger partial charge in [0.2, 0.25) is 5.91 Å². The molecule has 4 aliphatic carbocycles. The molecule has 184 valence electrons. The lowest BCUT2D eigenvalue weighted by atomic mass is 9.51. The van der Waals surface area contributed by atoms with E-state index in [9.17, 15) is 19.8 Å². The van der Waals surface area contributed by atoms with Crippen LogP contribution in [0.5, 0.6) is 0 Å². The first-order valence-corrected chi connectivity index (χ1v) is 12.7. The highest BCUT2D eigenvalue weighted by Crippen LogP contribution is 2.59. The third-order valence-electron chi connectivity index (χ3n) is 9.80. The monoisotopic (exact) mass is 471 g/mol. The zero-order chi connectivity index (χ0) is 23.8. The van der Waals surface area contributed by atoms with E-state index < -0.39 is 17.3 Å². The van der Waals surface area contributed by atoms with Gasteiger partial charge in [0.1, 0.15) is 5.82 Å². The van der Waals surface area contributed by atoms with Gasteiger partial charge in [-0.25, -0.2) is 9.18 Å². The summed E-state index contributed by atoms with van der Waals surface area (Å²) in [5, 5.41) is 19.9. The van der Waals surface area contributed by atoms with E-state index in [2.05, 4.69) is 4.90 Å². The summed E-state index contributed by atoms with van der Waals surface area (Å²) in [4.78, 5) is 30.4. The molecule has 8 heteroatoms. The second-order valence-electron chi connectivity index (χ2n) is 11.7. The van der Waals surface area contributed by atoms with E-state index in [0.29, 0.717) is 36.5 Å². The number of hydrogen-bond donors (Lipinski definition) is 2. The van der Waals surface area contributed by atoms with Gasteiger partial charge in [-0.1, -0.05) is 0 Å². The first-order chi connectivity index (χ1) is 16.2. The minimum absolute atomic E-state index is 0.0904. The van der Waals surface area contributed by atoms with E-state index in [0.717, 1.165) is 62.8 Å². The second-order valence-corrected chi connectivity index (χ2v) is 11.7. The number of carbonyl (C=O) groups is 2. The van der Waals surface area contributed by atoms with E-state index in [1.54, 1.807) is 12.1 Å². The highest BCUT2D eigenvalue weighted by Gasteiger charge is 2.62. The van der Waals surface area contributed by atoms with Gasteiger partial charge < -0.3 is 20.0 Å². The minimum atomic E-state index is -1.14. The van der Waals surface area contributed by atoms with Gasteiger partial charge in [-0.3, -0.25) is 9.69 Å². The molecule has 0 radical (unpaired) electrons. The van der Waals surface area contributed by atoms with Crippen LogP contribution < -0.4 is 9.80 Å². The fourth-order valence-electron chi connectivity index (χ4n) is 8.35. The number of nitrogens with zero attached hydrogens (tertiary/aromatic N) is 3. The quantitative estimate of drug-likeness (QED) is 0.702. The number of carbonyl (C=O) groups excluding carboxylic acids is 1. The van der Waals surface area contributed by atoms with Gasteiger partial charge in [0.15, 0.2) is 0 Å². The maximum absolute atomic E-state index is 15.1. The average molecular weight is 472 g/mol. The number of amides is 2. The number of aliphatic hydroxyl groups excluding tert-OH is 1. The number of likely N-dealkylation sites (tertiary alicyclic amines) is 1. The van der Waals surface area contributed by atoms with Crippen molar-refractivity contribution in [2.75, 3.05) is 36.5 Å². The molecular formula is C26H34FN3O4. The zero-order valence-electron chi connectivity index (χ0n) is 19.8. The molecule has 2 N–H and O–H groups in total. The number of rotatable bonds is 3. The van der Waals surface area contributed by atoms with Gasteiger partial charge >= 0.3 is 6.09 Å². The molecule has 7 rings (SSSR count). The molecule has 0 aromatic heterocycles. The van der Waals surface area contributed by atoms with Gasteiger partial charge in [-0.05, 0) is 87.3 Å². The van der Waals surface area contributed by atoms with E-state index in [1.165, 1.54) is 13.1 Å². The maximum atomic E-state index is 15.1. The highest BCUT2D eigenvalue weighted by atomic mass is 19.1. The second kappa shape index (κ2) is 7.57. The van der Waals surface area contributed by atoms with Crippen molar-refractivity contribution in [3.05, 3.63) is 24.0 Å². The van der Waals surface area contributed by atoms with Gasteiger partial charge in [0.05, 0.1) is 17.2 Å². The van der Waals surface area contributed by atoms with Gasteiger partial charge in [-0.2, -0.15) is 0 Å². The normalized spacial score (nSPS) is 38.7. The summed E-state index contributed by atoms with van der Waals surface area (Å²) in [6.45, 7) is 1.95. The van der Waals surface area contributed by atoms with Crippen molar-refractivity contribution in [1.29, 1.82) is 0 Å². The molecule has 2 heterocycles. The van der Waals surface area contributed by atoms with Gasteiger partial charge in [-0.15, -0.1) is 0 Å². The molecule has 2 aliphatic heterocycles. The summed E-state index contributed by atoms with van der Waals surface area (Å²) in [6, 6.07) is 4.52. The summed E-state index contributed by atoms with van der Waals surface area (Å²) >= 11 is 0. The molecule has 6 fully saturated rings. The van der Waals surface area contributed by atoms with Gasteiger partial charge in [0, 0.05) is 37.9 Å². The summed E-state index contributed by atoms with van der Waals surface area (Å²) in [5.74, 6) is 1.06. The molecular weight excluding hydrogens is 437 g/mol. The SMILES string of the molecule is CN(C(=O)O)c1ccc(N2CCCC3(CCN(C45CC6CC(C4)C(O)C(C6)C5)C3=O)C2)c(F)c1. The number of hydrogen-bond acceptors (Lipinski definition) is 4. The number of piperidine rings is 1. The van der Waals surface area contributed by atoms with Crippen molar-refractivity contribution in [2.45, 2.75) is 63.0 Å². The standard InChI is InChI=1S/C26H34FN3O4/c1-28(24(33)34)19-3-4-21(20(27)11-19)29-7-2-5-25(15-29)6-8-30(23(25)32)26-12-16-9-17(13-26)22(31)18(10-16)14-26/h3-4,11,16-18,22,31H,2,5-10,12-15H2,1H3,(H,33,34). The van der Waals surface area contributed by atoms with Crippen molar-refractivity contribution in [1.82, 2.24) is 4.90 Å². The van der Waals surface area contributed by atoms with Crippen molar-refractivity contribution in [3.8, 4) is 0 Å². The van der Waals surface area contributed by atoms with Crippen LogP contribution in [-0.4, -0.2) is 65.4 Å². The predicted molar refractivity (Wildman–Crippen MR) is 125 cm³/mol. The van der Waals surface area contributed by atoms with Crippen LogP contribution in [0.15, 0.2) is 18.2 Å². The Kier molecular flexibility index (Phi) is 4.93. The Hall–Kier alpha value is -2.35. The number of anilines is 2. The first kappa shape index (κ1) is 22.1. The number of halogens is 1. The molecule has 4 bridgehead atoms. The van der Waals surface area contributed by atoms with E-state index in [-0.39, 0.29) is 23.2 Å². The number of benzene rings is 1. The molecule has 2 saturated heterocycles. The fourth-order valence-corrected chi connectivity index (χ4v) is 8.35. The molecule has 1 aromatic carbocycles. The Balaban J connectivity index is 1.23. The Bertz CT molecular complexity index is 1020. The predicted octanol–water partition coefficient (Wildman–Crippen LogP) is 3.70. The van der Waals surface area contributed by atoms with E-state index >= 15 is 4.39 Å². The third kappa shape index (κ3) is 3.17. The Labute approximate surface area is 199 Å². The van der Waals surface area contributed by atoms with Crippen LogP contribution in [0.2, 0.25) is 0 Å². The van der Waals surface area contributed by atoms with E-state index in [4.69, 9.17) is 0 Å². The fraction of sp³-hybridized carbons (Fsp3) is 0.692. The lowest BCUT2D eigenvalue weighted by Crippen LogP contribution is -2.65. The average Bonchev–Trinajstić information content (AvgIpc) is 3.12. The Morgan fingerprint density at radius 1 is 1.15 bits per heavy atom. The van der Waals surface area contributed by atoms with Crippen molar-refractivity contribution >= 4 is 23.4 Å². The molecule has 6 aliphatic rings. The van der Waals surface area contributed by atoms with Crippen LogP contribution >= 0.6 is 0 Å². The van der Waals surface area contributed by atoms with Crippen LogP contribution in [0.1, 0.15) is 51.4 Å². The van der Waals surface area contributed by atoms with Crippen molar-refractivity contribution < 1.29 is 24.2 Å². The highest BCUT2D eigenvalue weighted by molar-refractivity contribution is 5.87. The van der Waals surface area contributed by atoms with Crippen molar-refractivity contribution in [3.63, 3.8) is 0 Å². The van der Waals surface area contributed by atoms with Crippen LogP contribution in [0.25, 0.3) is 0 Å². The molecule has 2 amide bonds. The molecule has 4 saturated carbocycles. The summed E-state index contributed by atoms with van der Waals surface area (Å²) in [7, 11) is 1.39. The lowest BCUT2D eigenvalue weighted by molar-refractivity contribution is -0.167. The van der Waals surface area contributed by atoms with Gasteiger partial charge in [0.25, 0.3) is 0 Å². The molecule has 3 unspecified atom stereocenters. The van der Waals surface area contributed by atoms with Crippen LogP contribution in [0.3, 0.4) is 0 Å². The largest absolute Gasteiger partial charge is 0.465 e. The zero-order valence-corrected chi connectivity index (χ0v) is 19.8. The van der Waals surface area contributed by atoms with Crippen LogP contribution in [0, 0.1) is 29.0 Å². The topological polar surface area (TPSA) is 84.3 Å². The minimum Gasteiger partial charge on any atom is -0.465 e. The Morgan fingerprint density at radius 2 is 1.88 bits per heavy atom. The summed E-state index contributed by atoms with van der Waals surface area (Å²) < 4.78 is 15.1. The van der Waals surface area contributed by atoms with E-state index in [1.807, 2.05) is 4.90 Å². The first-order valence-electron chi connectivity index (χ1n) is 12.7. The molecule has 3 atom stereocenters. The third-order valence-corrected chi connectivity index (χ3v) is 9.80. The summed E-state index contributed by atoms with van der Waals surface area (Å²) in [6.07, 6.45) is 6.26. The lowest BCUT2D eigenvalue weighted by Gasteiger charge is -2.61. The van der Waals surface area contributed by atoms with Crippen molar-refractivity contribution in [2.24, 2.45) is 23.2 Å². The van der Waals surface area contributed by atoms with Crippen LogP contribution in [0.4, 0.5) is 20.6 Å². The molecule has 1 spiro atoms. The van der Waals surface area contributed by atoms with Crippen LogP contribution in [-0.2, 0) is 4.79 Å². The Morgan fingerprint density at radius 3 is 2.56 bits per heavy atom. The molecule has 7 nitrogen and oxygen atoms in total. The smallest absolute Gasteiger partial charge is 0.411 e. The number of aliphatic hydroxyl groups is 1. The maximum Gasteiger partial charge on any atom is 0.411 e. The number of carboxylic acid groups (broad SMARTS) is 1. The molecule has 34 heavy (non-hydrogen) atoms.